The Labute approximate surface area is 193 Å². The van der Waals surface area contributed by atoms with Crippen molar-refractivity contribution >= 4 is 29.1 Å². The lowest BCUT2D eigenvalue weighted by Gasteiger charge is -2.37. The van der Waals surface area contributed by atoms with Crippen molar-refractivity contribution in [2.75, 3.05) is 10.2 Å². The number of nitrogens with zero attached hydrogens (tertiary/aromatic N) is 1. The molecular formula is C28H28N2O3. The van der Waals surface area contributed by atoms with Gasteiger partial charge in [-0.25, -0.2) is 4.90 Å². The van der Waals surface area contributed by atoms with Crippen molar-refractivity contribution in [2.24, 2.45) is 35.5 Å². The maximum absolute atomic E-state index is 13.6. The maximum atomic E-state index is 13.6. The topological polar surface area (TPSA) is 66.5 Å². The first-order valence-corrected chi connectivity index (χ1v) is 12.1. The lowest BCUT2D eigenvalue weighted by atomic mass is 9.63. The van der Waals surface area contributed by atoms with Crippen LogP contribution in [0.5, 0.6) is 0 Å². The summed E-state index contributed by atoms with van der Waals surface area (Å²) in [5.74, 6) is 0.299. The van der Waals surface area contributed by atoms with Gasteiger partial charge in [0.1, 0.15) is 0 Å². The summed E-state index contributed by atoms with van der Waals surface area (Å²) in [5.41, 5.74) is 3.73. The molecule has 2 saturated carbocycles. The summed E-state index contributed by atoms with van der Waals surface area (Å²) in [6.45, 7) is 4.13. The molecule has 0 spiro atoms. The molecule has 2 aromatic carbocycles. The number of para-hydroxylation sites is 2. The highest BCUT2D eigenvalue weighted by Crippen LogP contribution is 2.65. The smallest absolute Gasteiger partial charge is 0.257 e. The largest absolute Gasteiger partial charge is 0.321 e. The van der Waals surface area contributed by atoms with E-state index in [4.69, 9.17) is 0 Å². The third-order valence-electron chi connectivity index (χ3n) is 8.29. The summed E-state index contributed by atoms with van der Waals surface area (Å²) in [4.78, 5) is 42.0. The van der Waals surface area contributed by atoms with Crippen molar-refractivity contribution in [1.82, 2.24) is 0 Å². The minimum absolute atomic E-state index is 0.141. The Morgan fingerprint density at radius 2 is 1.45 bits per heavy atom. The van der Waals surface area contributed by atoms with E-state index in [9.17, 15) is 14.4 Å². The predicted molar refractivity (Wildman–Crippen MR) is 127 cm³/mol. The summed E-state index contributed by atoms with van der Waals surface area (Å²) in [7, 11) is 0. The summed E-state index contributed by atoms with van der Waals surface area (Å²) in [5, 5.41) is 3.10. The second-order valence-corrected chi connectivity index (χ2v) is 9.80. The molecule has 5 aliphatic rings. The molecule has 3 amide bonds. The summed E-state index contributed by atoms with van der Waals surface area (Å²) in [6, 6.07) is 13.1. The van der Waals surface area contributed by atoms with Gasteiger partial charge in [-0.2, -0.15) is 0 Å². The molecule has 7 rings (SSSR count). The van der Waals surface area contributed by atoms with Crippen LogP contribution in [0, 0.1) is 35.5 Å². The minimum Gasteiger partial charge on any atom is -0.321 e. The lowest BCUT2D eigenvalue weighted by molar-refractivity contribution is -0.124. The molecule has 1 N–H and O–H groups in total. The molecule has 168 valence electrons. The van der Waals surface area contributed by atoms with E-state index < -0.39 is 0 Å². The van der Waals surface area contributed by atoms with Gasteiger partial charge in [-0.3, -0.25) is 14.4 Å². The first-order chi connectivity index (χ1) is 16.0. The van der Waals surface area contributed by atoms with E-state index in [1.807, 2.05) is 18.2 Å². The van der Waals surface area contributed by atoms with Crippen LogP contribution in [0.2, 0.25) is 0 Å². The highest BCUT2D eigenvalue weighted by Gasteiger charge is 2.67. The minimum atomic E-state index is -0.291. The third-order valence-corrected chi connectivity index (χ3v) is 8.29. The van der Waals surface area contributed by atoms with Crippen LogP contribution >= 0.6 is 0 Å². The number of rotatable bonds is 5. The van der Waals surface area contributed by atoms with Crippen LogP contribution in [0.1, 0.15) is 41.8 Å². The van der Waals surface area contributed by atoms with Gasteiger partial charge in [0, 0.05) is 5.69 Å². The SMILES string of the molecule is CCc1cccc(CC)c1NC(=O)c1ccccc1N1C(=O)[C@@H]2[C@H]3C=C[C@@H]([C@@H]4C[C@@H]34)[C@H]2C1=O. The molecule has 5 heteroatoms. The number of benzene rings is 2. The molecule has 1 saturated heterocycles. The Bertz CT molecular complexity index is 1160. The van der Waals surface area contributed by atoms with Crippen LogP contribution in [0.15, 0.2) is 54.6 Å². The standard InChI is InChI=1S/C28H28N2O3/c1-3-15-8-7-9-16(4-2)25(15)29-26(31)19-10-5-6-11-22(19)30-27(32)23-17-12-13-18(21-14-20(17)21)24(23)28(30)33/h5-13,17-18,20-21,23-24H,3-4,14H2,1-2H3,(H,29,31)/t17-,18-,20-,21-,23+,24+/m0/s1. The highest BCUT2D eigenvalue weighted by molar-refractivity contribution is 6.25. The van der Waals surface area contributed by atoms with Crippen LogP contribution in [0.4, 0.5) is 11.4 Å². The number of hydrogen-bond acceptors (Lipinski definition) is 3. The van der Waals surface area contributed by atoms with Crippen molar-refractivity contribution in [3.8, 4) is 0 Å². The number of carbonyl (C=O) groups is 3. The fraction of sp³-hybridized carbons (Fsp3) is 0.393. The third kappa shape index (κ3) is 2.87. The van der Waals surface area contributed by atoms with Gasteiger partial charge in [0.05, 0.1) is 23.1 Å². The average Bonchev–Trinajstić information content (AvgIpc) is 3.62. The first kappa shape index (κ1) is 20.4. The summed E-state index contributed by atoms with van der Waals surface area (Å²) < 4.78 is 0. The Hall–Kier alpha value is -3.21. The zero-order valence-electron chi connectivity index (χ0n) is 19.0. The van der Waals surface area contributed by atoms with E-state index in [0.717, 1.165) is 36.1 Å². The van der Waals surface area contributed by atoms with Crippen LogP contribution in [0.3, 0.4) is 0 Å². The second-order valence-electron chi connectivity index (χ2n) is 9.80. The number of nitrogens with one attached hydrogen (secondary N) is 1. The molecule has 2 aromatic rings. The van der Waals surface area contributed by atoms with Crippen LogP contribution in [-0.2, 0) is 22.4 Å². The van der Waals surface area contributed by atoms with Gasteiger partial charge in [0.15, 0.2) is 0 Å². The van der Waals surface area contributed by atoms with E-state index in [0.29, 0.717) is 23.1 Å². The number of aryl methyl sites for hydroxylation is 2. The van der Waals surface area contributed by atoms with Crippen molar-refractivity contribution in [2.45, 2.75) is 33.1 Å². The van der Waals surface area contributed by atoms with Gasteiger partial charge in [0.2, 0.25) is 11.8 Å². The number of carbonyl (C=O) groups excluding carboxylic acids is 3. The molecule has 0 aromatic heterocycles. The van der Waals surface area contributed by atoms with Crippen LogP contribution in [0.25, 0.3) is 0 Å². The Kier molecular flexibility index (Phi) is 4.58. The normalized spacial score (nSPS) is 30.9. The second kappa shape index (κ2) is 7.41. The van der Waals surface area contributed by atoms with Crippen molar-refractivity contribution in [3.63, 3.8) is 0 Å². The average molecular weight is 441 g/mol. The molecule has 4 aliphatic carbocycles. The van der Waals surface area contributed by atoms with Gasteiger partial charge < -0.3 is 5.32 Å². The van der Waals surface area contributed by atoms with E-state index in [2.05, 4.69) is 31.3 Å². The number of allylic oxidation sites excluding steroid dienone is 2. The van der Waals surface area contributed by atoms with E-state index >= 15 is 0 Å². The molecular weight excluding hydrogens is 412 g/mol. The molecule has 5 nitrogen and oxygen atoms in total. The Morgan fingerprint density at radius 1 is 0.879 bits per heavy atom. The fourth-order valence-corrected chi connectivity index (χ4v) is 6.64. The number of anilines is 2. The van der Waals surface area contributed by atoms with E-state index in [-0.39, 0.29) is 41.4 Å². The van der Waals surface area contributed by atoms with Crippen LogP contribution in [-0.4, -0.2) is 17.7 Å². The monoisotopic (exact) mass is 440 g/mol. The number of imide groups is 1. The fourth-order valence-electron chi connectivity index (χ4n) is 6.64. The molecule has 0 radical (unpaired) electrons. The van der Waals surface area contributed by atoms with Gasteiger partial charge in [-0.1, -0.05) is 56.3 Å². The van der Waals surface area contributed by atoms with Crippen LogP contribution < -0.4 is 10.2 Å². The maximum Gasteiger partial charge on any atom is 0.257 e. The van der Waals surface area contributed by atoms with Gasteiger partial charge in [-0.15, -0.1) is 0 Å². The Morgan fingerprint density at radius 3 is 2.03 bits per heavy atom. The quantitative estimate of drug-likeness (QED) is 0.545. The summed E-state index contributed by atoms with van der Waals surface area (Å²) in [6.07, 6.45) is 7.07. The van der Waals surface area contributed by atoms with Crippen molar-refractivity contribution < 1.29 is 14.4 Å². The van der Waals surface area contributed by atoms with Crippen molar-refractivity contribution in [3.05, 3.63) is 71.3 Å². The van der Waals surface area contributed by atoms with Crippen molar-refractivity contribution in [1.29, 1.82) is 0 Å². The lowest BCUT2D eigenvalue weighted by Crippen LogP contribution is -2.40. The molecule has 1 heterocycles. The van der Waals surface area contributed by atoms with Gasteiger partial charge in [0.25, 0.3) is 5.91 Å². The molecule has 3 fully saturated rings. The number of hydrogen-bond donors (Lipinski definition) is 1. The Balaban J connectivity index is 1.35. The highest BCUT2D eigenvalue weighted by atomic mass is 16.2. The number of amides is 3. The zero-order chi connectivity index (χ0) is 22.9. The molecule has 0 unspecified atom stereocenters. The molecule has 2 bridgehead atoms. The predicted octanol–water partition coefficient (Wildman–Crippen LogP) is 4.62. The van der Waals surface area contributed by atoms with Gasteiger partial charge >= 0.3 is 0 Å². The van der Waals surface area contributed by atoms with Gasteiger partial charge in [-0.05, 0) is 66.2 Å². The van der Waals surface area contributed by atoms with E-state index in [1.165, 1.54) is 4.90 Å². The summed E-state index contributed by atoms with van der Waals surface area (Å²) >= 11 is 0. The van der Waals surface area contributed by atoms with E-state index in [1.54, 1.807) is 24.3 Å². The zero-order valence-corrected chi connectivity index (χ0v) is 19.0. The molecule has 33 heavy (non-hydrogen) atoms. The molecule has 6 atom stereocenters. The first-order valence-electron chi connectivity index (χ1n) is 12.1. The molecule has 1 aliphatic heterocycles.